The van der Waals surface area contributed by atoms with Crippen molar-refractivity contribution in [2.24, 2.45) is 5.92 Å². The van der Waals surface area contributed by atoms with E-state index in [1.807, 2.05) is 12.1 Å². The van der Waals surface area contributed by atoms with Gasteiger partial charge in [0, 0.05) is 0 Å². The fraction of sp³-hybridized carbons (Fsp3) is 0.571. The Hall–Kier alpha value is -0.410. The SMILES string of the molecule is CCCC1CNCCC1c1ccc(F)c(Br)c1. The summed E-state index contributed by atoms with van der Waals surface area (Å²) in [5.41, 5.74) is 1.28. The van der Waals surface area contributed by atoms with E-state index in [1.54, 1.807) is 6.07 Å². The molecule has 1 aliphatic rings. The van der Waals surface area contributed by atoms with Crippen LogP contribution in [0.25, 0.3) is 0 Å². The molecule has 94 valence electrons. The molecule has 1 aromatic carbocycles. The van der Waals surface area contributed by atoms with E-state index < -0.39 is 0 Å². The molecule has 2 unspecified atom stereocenters. The number of hydrogen-bond donors (Lipinski definition) is 1. The Morgan fingerprint density at radius 2 is 2.29 bits per heavy atom. The van der Waals surface area contributed by atoms with Crippen LogP contribution in [0.3, 0.4) is 0 Å². The zero-order valence-electron chi connectivity index (χ0n) is 10.2. The second-order valence-corrected chi connectivity index (χ2v) is 5.68. The number of hydrogen-bond acceptors (Lipinski definition) is 1. The highest BCUT2D eigenvalue weighted by Crippen LogP contribution is 2.34. The summed E-state index contributed by atoms with van der Waals surface area (Å²) in [7, 11) is 0. The molecule has 0 aromatic heterocycles. The lowest BCUT2D eigenvalue weighted by atomic mass is 9.79. The number of rotatable bonds is 3. The van der Waals surface area contributed by atoms with Crippen LogP contribution in [0.1, 0.15) is 37.7 Å². The van der Waals surface area contributed by atoms with Gasteiger partial charge >= 0.3 is 0 Å². The van der Waals surface area contributed by atoms with E-state index in [-0.39, 0.29) is 5.82 Å². The first-order chi connectivity index (χ1) is 8.22. The summed E-state index contributed by atoms with van der Waals surface area (Å²) in [5.74, 6) is 1.09. The normalized spacial score (nSPS) is 24.9. The maximum Gasteiger partial charge on any atom is 0.137 e. The predicted octanol–water partition coefficient (Wildman–Crippen LogP) is 4.08. The lowest BCUT2D eigenvalue weighted by Crippen LogP contribution is -2.35. The van der Waals surface area contributed by atoms with Crippen LogP contribution in [0.4, 0.5) is 4.39 Å². The molecule has 0 amide bonds. The van der Waals surface area contributed by atoms with Crippen molar-refractivity contribution in [3.8, 4) is 0 Å². The molecule has 2 atom stereocenters. The molecule has 1 fully saturated rings. The second kappa shape index (κ2) is 5.96. The van der Waals surface area contributed by atoms with Crippen LogP contribution in [-0.4, -0.2) is 13.1 Å². The molecule has 0 radical (unpaired) electrons. The fourth-order valence-corrected chi connectivity index (χ4v) is 3.18. The van der Waals surface area contributed by atoms with Crippen molar-refractivity contribution < 1.29 is 4.39 Å². The van der Waals surface area contributed by atoms with E-state index in [0.717, 1.165) is 19.5 Å². The first-order valence-electron chi connectivity index (χ1n) is 6.38. The van der Waals surface area contributed by atoms with Gasteiger partial charge in [0.25, 0.3) is 0 Å². The van der Waals surface area contributed by atoms with Gasteiger partial charge < -0.3 is 5.32 Å². The van der Waals surface area contributed by atoms with Gasteiger partial charge in [0.15, 0.2) is 0 Å². The molecule has 1 aliphatic heterocycles. The van der Waals surface area contributed by atoms with Gasteiger partial charge in [-0.05, 0) is 71.4 Å². The van der Waals surface area contributed by atoms with Gasteiger partial charge in [0.05, 0.1) is 4.47 Å². The Balaban J connectivity index is 2.20. The zero-order chi connectivity index (χ0) is 12.3. The van der Waals surface area contributed by atoms with Crippen LogP contribution in [0.5, 0.6) is 0 Å². The van der Waals surface area contributed by atoms with Crippen LogP contribution < -0.4 is 5.32 Å². The Bertz CT molecular complexity index is 378. The van der Waals surface area contributed by atoms with Gasteiger partial charge in [-0.1, -0.05) is 19.4 Å². The van der Waals surface area contributed by atoms with Gasteiger partial charge in [-0.25, -0.2) is 4.39 Å². The minimum Gasteiger partial charge on any atom is -0.316 e. The monoisotopic (exact) mass is 299 g/mol. The summed E-state index contributed by atoms with van der Waals surface area (Å²) in [4.78, 5) is 0. The summed E-state index contributed by atoms with van der Waals surface area (Å²) in [6.45, 7) is 4.39. The van der Waals surface area contributed by atoms with Crippen LogP contribution in [0.15, 0.2) is 22.7 Å². The van der Waals surface area contributed by atoms with Crippen molar-refractivity contribution in [1.29, 1.82) is 0 Å². The average Bonchev–Trinajstić information content (AvgIpc) is 2.34. The first-order valence-corrected chi connectivity index (χ1v) is 7.17. The van der Waals surface area contributed by atoms with Gasteiger partial charge in [0.2, 0.25) is 0 Å². The summed E-state index contributed by atoms with van der Waals surface area (Å²) in [5, 5.41) is 3.46. The maximum atomic E-state index is 13.3. The molecule has 2 rings (SSSR count). The van der Waals surface area contributed by atoms with Gasteiger partial charge in [-0.3, -0.25) is 0 Å². The minimum absolute atomic E-state index is 0.172. The molecule has 0 saturated carbocycles. The van der Waals surface area contributed by atoms with Crippen molar-refractivity contribution in [2.75, 3.05) is 13.1 Å². The third kappa shape index (κ3) is 3.08. The highest BCUT2D eigenvalue weighted by molar-refractivity contribution is 9.10. The Morgan fingerprint density at radius 3 is 3.00 bits per heavy atom. The Kier molecular flexibility index (Phi) is 4.57. The molecule has 1 saturated heterocycles. The van der Waals surface area contributed by atoms with E-state index in [0.29, 0.717) is 16.3 Å². The molecule has 1 aromatic rings. The zero-order valence-corrected chi connectivity index (χ0v) is 11.8. The van der Waals surface area contributed by atoms with Crippen molar-refractivity contribution in [3.05, 3.63) is 34.1 Å². The second-order valence-electron chi connectivity index (χ2n) is 4.82. The van der Waals surface area contributed by atoms with Crippen LogP contribution >= 0.6 is 15.9 Å². The molecule has 0 spiro atoms. The molecule has 0 bridgehead atoms. The van der Waals surface area contributed by atoms with E-state index in [1.165, 1.54) is 18.4 Å². The summed E-state index contributed by atoms with van der Waals surface area (Å²) in [6.07, 6.45) is 3.61. The molecular formula is C14H19BrFN. The molecule has 1 nitrogen and oxygen atoms in total. The molecular weight excluding hydrogens is 281 g/mol. The lowest BCUT2D eigenvalue weighted by Gasteiger charge is -2.32. The topological polar surface area (TPSA) is 12.0 Å². The van der Waals surface area contributed by atoms with Crippen LogP contribution in [-0.2, 0) is 0 Å². The first kappa shape index (κ1) is 13.0. The Morgan fingerprint density at radius 1 is 1.47 bits per heavy atom. The largest absolute Gasteiger partial charge is 0.316 e. The summed E-state index contributed by atoms with van der Waals surface area (Å²) < 4.78 is 13.8. The maximum absolute atomic E-state index is 13.3. The third-order valence-electron chi connectivity index (χ3n) is 3.64. The summed E-state index contributed by atoms with van der Waals surface area (Å²) >= 11 is 3.28. The number of halogens is 2. The highest BCUT2D eigenvalue weighted by Gasteiger charge is 2.25. The number of benzene rings is 1. The minimum atomic E-state index is -0.172. The number of piperidine rings is 1. The van der Waals surface area contributed by atoms with Gasteiger partial charge in [-0.2, -0.15) is 0 Å². The van der Waals surface area contributed by atoms with Crippen molar-refractivity contribution in [2.45, 2.75) is 32.1 Å². The van der Waals surface area contributed by atoms with E-state index in [9.17, 15) is 4.39 Å². The average molecular weight is 300 g/mol. The van der Waals surface area contributed by atoms with Gasteiger partial charge in [-0.15, -0.1) is 0 Å². The van der Waals surface area contributed by atoms with E-state index in [2.05, 4.69) is 28.2 Å². The van der Waals surface area contributed by atoms with Crippen molar-refractivity contribution in [1.82, 2.24) is 5.32 Å². The smallest absolute Gasteiger partial charge is 0.137 e. The highest BCUT2D eigenvalue weighted by atomic mass is 79.9. The molecule has 17 heavy (non-hydrogen) atoms. The molecule has 3 heteroatoms. The van der Waals surface area contributed by atoms with Gasteiger partial charge in [0.1, 0.15) is 5.82 Å². The van der Waals surface area contributed by atoms with E-state index in [4.69, 9.17) is 0 Å². The predicted molar refractivity (Wildman–Crippen MR) is 72.7 cm³/mol. The van der Waals surface area contributed by atoms with Crippen molar-refractivity contribution >= 4 is 15.9 Å². The quantitative estimate of drug-likeness (QED) is 0.887. The van der Waals surface area contributed by atoms with E-state index >= 15 is 0 Å². The summed E-state index contributed by atoms with van der Waals surface area (Å²) in [6, 6.07) is 5.47. The third-order valence-corrected chi connectivity index (χ3v) is 4.25. The fourth-order valence-electron chi connectivity index (χ4n) is 2.78. The lowest BCUT2D eigenvalue weighted by molar-refractivity contribution is 0.306. The van der Waals surface area contributed by atoms with Crippen LogP contribution in [0, 0.1) is 11.7 Å². The molecule has 1 N–H and O–H groups in total. The van der Waals surface area contributed by atoms with Crippen LogP contribution in [0.2, 0.25) is 0 Å². The van der Waals surface area contributed by atoms with Crippen molar-refractivity contribution in [3.63, 3.8) is 0 Å². The molecule has 0 aliphatic carbocycles. The standard InChI is InChI=1S/C14H19BrFN/c1-2-3-11-9-17-7-6-12(11)10-4-5-14(16)13(15)8-10/h4-5,8,11-12,17H,2-3,6-7,9H2,1H3. The Labute approximate surface area is 111 Å². The number of nitrogens with one attached hydrogen (secondary N) is 1. The molecule has 1 heterocycles.